The Labute approximate surface area is 106 Å². The molecule has 16 heavy (non-hydrogen) atoms. The first-order valence-corrected chi connectivity index (χ1v) is 6.73. The molecule has 1 unspecified atom stereocenters. The van der Waals surface area contributed by atoms with E-state index in [2.05, 4.69) is 62.2 Å². The van der Waals surface area contributed by atoms with Crippen LogP contribution in [0.15, 0.2) is 28.2 Å². The van der Waals surface area contributed by atoms with Crippen molar-refractivity contribution >= 4 is 38.1 Å². The molecular formula is C11H10BrN3S. The number of benzene rings is 1. The summed E-state index contributed by atoms with van der Waals surface area (Å²) in [5.74, 6) is 0. The molecule has 0 radical (unpaired) electrons. The molecule has 1 aliphatic rings. The number of anilines is 2. The van der Waals surface area contributed by atoms with E-state index in [1.807, 2.05) is 0 Å². The number of fused-ring (bicyclic) bond motifs is 1. The van der Waals surface area contributed by atoms with Gasteiger partial charge in [0.2, 0.25) is 5.13 Å². The van der Waals surface area contributed by atoms with Crippen molar-refractivity contribution in [3.8, 4) is 0 Å². The highest BCUT2D eigenvalue weighted by Gasteiger charge is 2.28. The number of para-hydroxylation sites is 1. The Hall–Kier alpha value is -0.940. The minimum absolute atomic E-state index is 0.456. The molecular weight excluding hydrogens is 286 g/mol. The van der Waals surface area contributed by atoms with E-state index in [-0.39, 0.29) is 0 Å². The van der Waals surface area contributed by atoms with E-state index in [0.29, 0.717) is 6.04 Å². The van der Waals surface area contributed by atoms with Crippen molar-refractivity contribution < 1.29 is 0 Å². The van der Waals surface area contributed by atoms with Gasteiger partial charge >= 0.3 is 0 Å². The molecule has 2 aromatic rings. The summed E-state index contributed by atoms with van der Waals surface area (Å²) in [7, 11) is 0. The highest BCUT2D eigenvalue weighted by Crippen LogP contribution is 2.39. The van der Waals surface area contributed by atoms with Crippen LogP contribution in [0.25, 0.3) is 0 Å². The van der Waals surface area contributed by atoms with Crippen molar-refractivity contribution in [3.63, 3.8) is 0 Å². The summed E-state index contributed by atoms with van der Waals surface area (Å²) >= 11 is 4.93. The molecule has 1 aromatic carbocycles. The third-order valence-electron chi connectivity index (χ3n) is 2.80. The fourth-order valence-corrected chi connectivity index (χ4v) is 3.36. The summed E-state index contributed by atoms with van der Waals surface area (Å²) in [6.45, 7) is 2.22. The van der Waals surface area contributed by atoms with Gasteiger partial charge in [0.05, 0.1) is 0 Å². The summed E-state index contributed by atoms with van der Waals surface area (Å²) in [5, 5.41) is 9.17. The molecule has 3 rings (SSSR count). The largest absolute Gasteiger partial charge is 0.313 e. The van der Waals surface area contributed by atoms with Gasteiger partial charge in [0.25, 0.3) is 0 Å². The average Bonchev–Trinajstić information content (AvgIpc) is 2.80. The lowest BCUT2D eigenvalue weighted by Crippen LogP contribution is -2.23. The molecule has 0 saturated carbocycles. The van der Waals surface area contributed by atoms with E-state index in [1.54, 1.807) is 11.3 Å². The Bertz CT molecular complexity index is 525. The van der Waals surface area contributed by atoms with Crippen LogP contribution in [-0.4, -0.2) is 16.2 Å². The molecule has 0 amide bonds. The third-order valence-corrected chi connectivity index (χ3v) is 4.16. The molecule has 0 saturated heterocycles. The summed E-state index contributed by atoms with van der Waals surface area (Å²) in [4.78, 5) is 2.26. The van der Waals surface area contributed by atoms with Gasteiger partial charge in [-0.25, -0.2) is 0 Å². The first-order valence-electron chi connectivity index (χ1n) is 5.12. The Kier molecular flexibility index (Phi) is 2.44. The zero-order valence-corrected chi connectivity index (χ0v) is 11.1. The van der Waals surface area contributed by atoms with Gasteiger partial charge in [0.15, 0.2) is 3.92 Å². The van der Waals surface area contributed by atoms with Crippen LogP contribution in [0.1, 0.15) is 12.5 Å². The Balaban J connectivity index is 2.08. The molecule has 1 atom stereocenters. The van der Waals surface area contributed by atoms with Crippen LogP contribution in [-0.2, 0) is 6.42 Å². The minimum Gasteiger partial charge on any atom is -0.313 e. The minimum atomic E-state index is 0.456. The van der Waals surface area contributed by atoms with Crippen molar-refractivity contribution in [1.29, 1.82) is 0 Å². The average molecular weight is 296 g/mol. The van der Waals surface area contributed by atoms with Crippen LogP contribution in [0.4, 0.5) is 10.8 Å². The number of rotatable bonds is 1. The van der Waals surface area contributed by atoms with Gasteiger partial charge in [-0.1, -0.05) is 29.5 Å². The van der Waals surface area contributed by atoms with E-state index in [0.717, 1.165) is 15.5 Å². The van der Waals surface area contributed by atoms with Crippen molar-refractivity contribution in [2.24, 2.45) is 0 Å². The molecule has 1 aromatic heterocycles. The standard InChI is InChI=1S/C11H10BrN3S/c1-7-6-8-4-2-3-5-9(8)15(7)11-14-13-10(12)16-11/h2-5,7H,6H2,1H3. The SMILES string of the molecule is CC1Cc2ccccc2N1c1nnc(Br)s1. The van der Waals surface area contributed by atoms with Crippen LogP contribution in [0, 0.1) is 0 Å². The molecule has 0 aliphatic carbocycles. The maximum absolute atomic E-state index is 4.19. The number of hydrogen-bond acceptors (Lipinski definition) is 4. The smallest absolute Gasteiger partial charge is 0.213 e. The van der Waals surface area contributed by atoms with Crippen LogP contribution in [0.2, 0.25) is 0 Å². The molecule has 82 valence electrons. The zero-order valence-electron chi connectivity index (χ0n) is 8.72. The Morgan fingerprint density at radius 2 is 2.19 bits per heavy atom. The van der Waals surface area contributed by atoms with Gasteiger partial charge < -0.3 is 4.90 Å². The van der Waals surface area contributed by atoms with E-state index >= 15 is 0 Å². The normalized spacial score (nSPS) is 18.9. The van der Waals surface area contributed by atoms with E-state index in [9.17, 15) is 0 Å². The van der Waals surface area contributed by atoms with Gasteiger partial charge in [0, 0.05) is 11.7 Å². The quantitative estimate of drug-likeness (QED) is 0.808. The van der Waals surface area contributed by atoms with E-state index in [1.165, 1.54) is 11.3 Å². The highest BCUT2D eigenvalue weighted by molar-refractivity contribution is 9.11. The number of hydrogen-bond donors (Lipinski definition) is 0. The molecule has 0 bridgehead atoms. The second-order valence-corrected chi connectivity index (χ2v) is 6.12. The predicted octanol–water partition coefficient (Wildman–Crippen LogP) is 3.38. The fraction of sp³-hybridized carbons (Fsp3) is 0.273. The fourth-order valence-electron chi connectivity index (χ4n) is 2.15. The predicted molar refractivity (Wildman–Crippen MR) is 69.4 cm³/mol. The Morgan fingerprint density at radius 1 is 1.38 bits per heavy atom. The zero-order chi connectivity index (χ0) is 11.1. The van der Waals surface area contributed by atoms with Crippen LogP contribution in [0.5, 0.6) is 0 Å². The second kappa shape index (κ2) is 3.82. The molecule has 5 heteroatoms. The summed E-state index contributed by atoms with van der Waals surface area (Å²) in [5.41, 5.74) is 2.65. The molecule has 2 heterocycles. The van der Waals surface area contributed by atoms with Crippen molar-refractivity contribution in [1.82, 2.24) is 10.2 Å². The monoisotopic (exact) mass is 295 g/mol. The molecule has 0 N–H and O–H groups in total. The second-order valence-electron chi connectivity index (χ2n) is 3.89. The van der Waals surface area contributed by atoms with Crippen LogP contribution >= 0.6 is 27.3 Å². The van der Waals surface area contributed by atoms with Crippen molar-refractivity contribution in [3.05, 3.63) is 33.7 Å². The van der Waals surface area contributed by atoms with Gasteiger partial charge in [-0.2, -0.15) is 0 Å². The first-order chi connectivity index (χ1) is 7.75. The summed E-state index contributed by atoms with van der Waals surface area (Å²) in [6.07, 6.45) is 1.08. The molecule has 1 aliphatic heterocycles. The molecule has 0 spiro atoms. The lowest BCUT2D eigenvalue weighted by molar-refractivity contribution is 0.752. The number of halogens is 1. The maximum Gasteiger partial charge on any atom is 0.213 e. The number of nitrogens with zero attached hydrogens (tertiary/aromatic N) is 3. The van der Waals surface area contributed by atoms with Gasteiger partial charge in [-0.05, 0) is 40.9 Å². The third kappa shape index (κ3) is 1.55. The highest BCUT2D eigenvalue weighted by atomic mass is 79.9. The molecule has 3 nitrogen and oxygen atoms in total. The lowest BCUT2D eigenvalue weighted by Gasteiger charge is -2.20. The van der Waals surface area contributed by atoms with Crippen molar-refractivity contribution in [2.45, 2.75) is 19.4 Å². The summed E-state index contributed by atoms with van der Waals surface area (Å²) < 4.78 is 0.832. The number of aromatic nitrogens is 2. The van der Waals surface area contributed by atoms with E-state index in [4.69, 9.17) is 0 Å². The molecule has 0 fully saturated rings. The topological polar surface area (TPSA) is 29.0 Å². The van der Waals surface area contributed by atoms with E-state index < -0.39 is 0 Å². The van der Waals surface area contributed by atoms with Gasteiger partial charge in [0.1, 0.15) is 0 Å². The first kappa shape index (κ1) is 10.2. The summed E-state index contributed by atoms with van der Waals surface area (Å²) in [6, 6.07) is 8.94. The Morgan fingerprint density at radius 3 is 2.94 bits per heavy atom. The van der Waals surface area contributed by atoms with Crippen LogP contribution in [0.3, 0.4) is 0 Å². The van der Waals surface area contributed by atoms with Gasteiger partial charge in [-0.15, -0.1) is 10.2 Å². The van der Waals surface area contributed by atoms with Crippen LogP contribution < -0.4 is 4.90 Å². The maximum atomic E-state index is 4.19. The van der Waals surface area contributed by atoms with Gasteiger partial charge in [-0.3, -0.25) is 0 Å². The lowest BCUT2D eigenvalue weighted by atomic mass is 10.1. The van der Waals surface area contributed by atoms with Crippen molar-refractivity contribution in [2.75, 3.05) is 4.90 Å².